The zero-order valence-electron chi connectivity index (χ0n) is 10.2. The summed E-state index contributed by atoms with van der Waals surface area (Å²) in [7, 11) is 0. The second-order valence-corrected chi connectivity index (χ2v) is 5.98. The third-order valence-corrected chi connectivity index (χ3v) is 5.00. The van der Waals surface area contributed by atoms with Gasteiger partial charge in [-0.1, -0.05) is 19.8 Å². The van der Waals surface area contributed by atoms with E-state index in [0.29, 0.717) is 11.3 Å². The van der Waals surface area contributed by atoms with Gasteiger partial charge in [-0.3, -0.25) is 10.1 Å². The summed E-state index contributed by atoms with van der Waals surface area (Å²) in [5.74, 6) is 0.382. The zero-order valence-corrected chi connectivity index (χ0v) is 10.2. The Labute approximate surface area is 97.6 Å². The molecule has 0 bridgehead atoms. The van der Waals surface area contributed by atoms with E-state index in [9.17, 15) is 4.79 Å². The van der Waals surface area contributed by atoms with Crippen molar-refractivity contribution in [3.8, 4) is 0 Å². The number of hydrogen-bond acceptors (Lipinski definition) is 2. The van der Waals surface area contributed by atoms with Crippen molar-refractivity contribution in [1.82, 2.24) is 10.2 Å². The Morgan fingerprint density at radius 2 is 1.94 bits per heavy atom. The van der Waals surface area contributed by atoms with Crippen LogP contribution in [-0.2, 0) is 4.79 Å². The maximum absolute atomic E-state index is 12.2. The van der Waals surface area contributed by atoms with Crippen LogP contribution < -0.4 is 5.32 Å². The maximum Gasteiger partial charge on any atom is 0.243 e. The first-order valence-electron chi connectivity index (χ1n) is 6.74. The first-order chi connectivity index (χ1) is 7.70. The summed E-state index contributed by atoms with van der Waals surface area (Å²) in [6.45, 7) is 4.07. The molecular weight excluding hydrogens is 200 g/mol. The smallest absolute Gasteiger partial charge is 0.243 e. The summed E-state index contributed by atoms with van der Waals surface area (Å²) >= 11 is 0. The van der Waals surface area contributed by atoms with Crippen LogP contribution in [0.2, 0.25) is 0 Å². The normalized spacial score (nSPS) is 30.3. The molecule has 0 aromatic carbocycles. The van der Waals surface area contributed by atoms with Crippen molar-refractivity contribution in [3.05, 3.63) is 0 Å². The minimum absolute atomic E-state index is 0.104. The molecule has 3 fully saturated rings. The average Bonchev–Trinajstić information content (AvgIpc) is 2.85. The summed E-state index contributed by atoms with van der Waals surface area (Å²) in [6.07, 6.45) is 8.69. The van der Waals surface area contributed by atoms with Gasteiger partial charge in [-0.05, 0) is 37.5 Å². The molecule has 3 rings (SSSR count). The molecule has 1 amide bonds. The van der Waals surface area contributed by atoms with E-state index in [-0.39, 0.29) is 5.54 Å². The predicted molar refractivity (Wildman–Crippen MR) is 62.9 cm³/mol. The molecule has 0 atom stereocenters. The highest BCUT2D eigenvalue weighted by Gasteiger charge is 2.56. The second kappa shape index (κ2) is 3.46. The molecule has 3 heteroatoms. The van der Waals surface area contributed by atoms with Gasteiger partial charge in [0.15, 0.2) is 0 Å². The molecule has 1 spiro atoms. The van der Waals surface area contributed by atoms with Crippen molar-refractivity contribution >= 4 is 5.91 Å². The Morgan fingerprint density at radius 1 is 1.25 bits per heavy atom. The van der Waals surface area contributed by atoms with Crippen LogP contribution in [0.25, 0.3) is 0 Å². The number of rotatable bonds is 3. The largest absolute Gasteiger partial charge is 0.328 e. The minimum Gasteiger partial charge on any atom is -0.328 e. The standard InChI is InChI=1S/C13H22N2O/c1-2-12(5-3-4-6-12)9-15-10-14-13(7-8-13)11(15)16/h14H,2-10H2,1H3. The quantitative estimate of drug-likeness (QED) is 0.790. The molecule has 0 unspecified atom stereocenters. The van der Waals surface area contributed by atoms with Crippen LogP contribution in [-0.4, -0.2) is 29.6 Å². The Bertz CT molecular complexity index is 303. The van der Waals surface area contributed by atoms with Gasteiger partial charge >= 0.3 is 0 Å². The van der Waals surface area contributed by atoms with E-state index in [1.54, 1.807) is 0 Å². The molecule has 16 heavy (non-hydrogen) atoms. The maximum atomic E-state index is 12.2. The lowest BCUT2D eigenvalue weighted by Crippen LogP contribution is -2.39. The van der Waals surface area contributed by atoms with Gasteiger partial charge in [0.2, 0.25) is 5.91 Å². The van der Waals surface area contributed by atoms with Crippen molar-refractivity contribution in [2.24, 2.45) is 5.41 Å². The molecule has 0 aromatic heterocycles. The van der Waals surface area contributed by atoms with E-state index in [0.717, 1.165) is 26.1 Å². The summed E-state index contributed by atoms with van der Waals surface area (Å²) in [5.41, 5.74) is 0.339. The second-order valence-electron chi connectivity index (χ2n) is 5.98. The molecule has 0 aromatic rings. The van der Waals surface area contributed by atoms with Crippen LogP contribution >= 0.6 is 0 Å². The Kier molecular flexibility index (Phi) is 2.29. The van der Waals surface area contributed by atoms with Crippen LogP contribution in [0.15, 0.2) is 0 Å². The van der Waals surface area contributed by atoms with Crippen molar-refractivity contribution in [2.45, 2.75) is 57.4 Å². The fraction of sp³-hybridized carbons (Fsp3) is 0.923. The van der Waals surface area contributed by atoms with Crippen molar-refractivity contribution in [1.29, 1.82) is 0 Å². The fourth-order valence-electron chi connectivity index (χ4n) is 3.49. The lowest BCUT2D eigenvalue weighted by atomic mass is 9.83. The van der Waals surface area contributed by atoms with E-state index >= 15 is 0 Å². The molecule has 1 heterocycles. The molecule has 1 N–H and O–H groups in total. The van der Waals surface area contributed by atoms with Gasteiger partial charge in [0, 0.05) is 6.54 Å². The Morgan fingerprint density at radius 3 is 2.44 bits per heavy atom. The van der Waals surface area contributed by atoms with Gasteiger partial charge < -0.3 is 4.90 Å². The molecule has 1 aliphatic heterocycles. The van der Waals surface area contributed by atoms with Gasteiger partial charge in [-0.15, -0.1) is 0 Å². The van der Waals surface area contributed by atoms with Crippen LogP contribution in [0.1, 0.15) is 51.9 Å². The molecule has 2 aliphatic carbocycles. The van der Waals surface area contributed by atoms with Crippen molar-refractivity contribution < 1.29 is 4.79 Å². The molecule has 3 nitrogen and oxygen atoms in total. The molecule has 2 saturated carbocycles. The summed E-state index contributed by atoms with van der Waals surface area (Å²) in [5, 5.41) is 3.40. The number of nitrogens with zero attached hydrogens (tertiary/aromatic N) is 1. The van der Waals surface area contributed by atoms with Crippen LogP contribution in [0.4, 0.5) is 0 Å². The third kappa shape index (κ3) is 1.48. The first kappa shape index (κ1) is 10.6. The first-order valence-corrected chi connectivity index (χ1v) is 6.74. The van der Waals surface area contributed by atoms with E-state index in [1.807, 2.05) is 0 Å². The summed E-state index contributed by atoms with van der Waals surface area (Å²) in [4.78, 5) is 14.3. The molecule has 90 valence electrons. The van der Waals surface area contributed by atoms with Crippen LogP contribution in [0, 0.1) is 5.41 Å². The Hall–Kier alpha value is -0.570. The molecule has 1 saturated heterocycles. The Balaban J connectivity index is 1.68. The molecular formula is C13H22N2O. The highest BCUT2D eigenvalue weighted by atomic mass is 16.2. The number of amides is 1. The van der Waals surface area contributed by atoms with Gasteiger partial charge in [0.05, 0.1) is 12.2 Å². The number of hydrogen-bond donors (Lipinski definition) is 1. The topological polar surface area (TPSA) is 32.3 Å². The molecule has 3 aliphatic rings. The van der Waals surface area contributed by atoms with E-state index < -0.39 is 0 Å². The van der Waals surface area contributed by atoms with Crippen molar-refractivity contribution in [3.63, 3.8) is 0 Å². The average molecular weight is 222 g/mol. The van der Waals surface area contributed by atoms with Crippen LogP contribution in [0.3, 0.4) is 0 Å². The van der Waals surface area contributed by atoms with Gasteiger partial charge in [0.1, 0.15) is 0 Å². The zero-order chi connectivity index (χ0) is 11.2. The van der Waals surface area contributed by atoms with E-state index in [1.165, 1.54) is 32.1 Å². The number of carbonyl (C=O) groups is 1. The number of carbonyl (C=O) groups excluding carboxylic acids is 1. The highest BCUT2D eigenvalue weighted by Crippen LogP contribution is 2.45. The summed E-state index contributed by atoms with van der Waals surface area (Å²) in [6, 6.07) is 0. The van der Waals surface area contributed by atoms with E-state index in [4.69, 9.17) is 0 Å². The fourth-order valence-corrected chi connectivity index (χ4v) is 3.49. The lowest BCUT2D eigenvalue weighted by molar-refractivity contribution is -0.131. The lowest BCUT2D eigenvalue weighted by Gasteiger charge is -2.32. The predicted octanol–water partition coefficient (Wildman–Crippen LogP) is 1.88. The van der Waals surface area contributed by atoms with Crippen molar-refractivity contribution in [2.75, 3.05) is 13.2 Å². The SMILES string of the molecule is CCC1(CN2CNC3(CC3)C2=O)CCCC1. The van der Waals surface area contributed by atoms with Gasteiger partial charge in [-0.25, -0.2) is 0 Å². The van der Waals surface area contributed by atoms with Gasteiger partial charge in [-0.2, -0.15) is 0 Å². The summed E-state index contributed by atoms with van der Waals surface area (Å²) < 4.78 is 0. The van der Waals surface area contributed by atoms with E-state index in [2.05, 4.69) is 17.1 Å². The van der Waals surface area contributed by atoms with Crippen LogP contribution in [0.5, 0.6) is 0 Å². The monoisotopic (exact) mass is 222 g/mol. The number of nitrogens with one attached hydrogen (secondary N) is 1. The highest BCUT2D eigenvalue weighted by molar-refractivity contribution is 5.91. The minimum atomic E-state index is -0.104. The van der Waals surface area contributed by atoms with Gasteiger partial charge in [0.25, 0.3) is 0 Å². The molecule has 0 radical (unpaired) electrons. The third-order valence-electron chi connectivity index (χ3n) is 5.00.